The van der Waals surface area contributed by atoms with Gasteiger partial charge in [-0.15, -0.1) is 0 Å². The van der Waals surface area contributed by atoms with E-state index in [1.165, 1.54) is 44.9 Å². The fourth-order valence-electron chi connectivity index (χ4n) is 4.28. The predicted octanol–water partition coefficient (Wildman–Crippen LogP) is 6.58. The SMILES string of the molecule is CCCCCCCCCCCC1(O)COc2ccccc2OCCOCCOc2ccccc2OC1. The van der Waals surface area contributed by atoms with Gasteiger partial charge in [-0.3, -0.25) is 0 Å². The topological polar surface area (TPSA) is 66.4 Å². The van der Waals surface area contributed by atoms with E-state index >= 15 is 0 Å². The van der Waals surface area contributed by atoms with Crippen molar-refractivity contribution in [2.45, 2.75) is 76.7 Å². The second-order valence-electron chi connectivity index (χ2n) is 9.58. The molecule has 0 spiro atoms. The van der Waals surface area contributed by atoms with Crippen LogP contribution in [-0.4, -0.2) is 50.3 Å². The Balaban J connectivity index is 1.61. The molecule has 0 saturated carbocycles. The first-order chi connectivity index (χ1) is 17.7. The van der Waals surface area contributed by atoms with E-state index in [4.69, 9.17) is 23.7 Å². The van der Waals surface area contributed by atoms with Crippen LogP contribution >= 0.6 is 0 Å². The van der Waals surface area contributed by atoms with Gasteiger partial charge in [0.1, 0.15) is 32.0 Å². The van der Waals surface area contributed by atoms with Gasteiger partial charge in [0.25, 0.3) is 0 Å². The van der Waals surface area contributed by atoms with Crippen LogP contribution in [0.5, 0.6) is 23.0 Å². The molecule has 3 rings (SSSR count). The van der Waals surface area contributed by atoms with E-state index in [1.54, 1.807) is 0 Å². The third-order valence-electron chi connectivity index (χ3n) is 6.41. The third-order valence-corrected chi connectivity index (χ3v) is 6.41. The summed E-state index contributed by atoms with van der Waals surface area (Å²) in [6, 6.07) is 15.1. The summed E-state index contributed by atoms with van der Waals surface area (Å²) in [5, 5.41) is 11.6. The summed E-state index contributed by atoms with van der Waals surface area (Å²) in [7, 11) is 0. The molecule has 6 nitrogen and oxygen atoms in total. The molecule has 2 aromatic rings. The summed E-state index contributed by atoms with van der Waals surface area (Å²) >= 11 is 0. The fourth-order valence-corrected chi connectivity index (χ4v) is 4.28. The van der Waals surface area contributed by atoms with Crippen LogP contribution in [0.1, 0.15) is 71.1 Å². The molecular weight excluding hydrogens is 456 g/mol. The molecule has 0 bridgehead atoms. The monoisotopic (exact) mass is 500 g/mol. The Morgan fingerprint density at radius 2 is 1.00 bits per heavy atom. The van der Waals surface area contributed by atoms with Crippen molar-refractivity contribution in [3.8, 4) is 23.0 Å². The van der Waals surface area contributed by atoms with E-state index in [-0.39, 0.29) is 13.2 Å². The van der Waals surface area contributed by atoms with Crippen LogP contribution in [0.2, 0.25) is 0 Å². The van der Waals surface area contributed by atoms with Crippen LogP contribution in [-0.2, 0) is 4.74 Å². The van der Waals surface area contributed by atoms with Gasteiger partial charge in [0.05, 0.1) is 13.2 Å². The lowest BCUT2D eigenvalue weighted by Gasteiger charge is -2.29. The Labute approximate surface area is 216 Å². The van der Waals surface area contributed by atoms with Gasteiger partial charge in [-0.05, 0) is 30.7 Å². The molecule has 0 saturated heterocycles. The molecule has 0 atom stereocenters. The number of hydrogen-bond donors (Lipinski definition) is 1. The van der Waals surface area contributed by atoms with Crippen molar-refractivity contribution in [1.29, 1.82) is 0 Å². The Bertz CT molecular complexity index is 799. The number of fused-ring (bicyclic) bond motifs is 2. The molecule has 6 heteroatoms. The quantitative estimate of drug-likeness (QED) is 0.372. The normalized spacial score (nSPS) is 16.4. The van der Waals surface area contributed by atoms with Gasteiger partial charge in [0.15, 0.2) is 23.0 Å². The lowest BCUT2D eigenvalue weighted by atomic mass is 9.96. The number of unbranched alkanes of at least 4 members (excludes halogenated alkanes) is 8. The molecule has 0 aliphatic carbocycles. The Morgan fingerprint density at radius 1 is 0.583 bits per heavy atom. The largest absolute Gasteiger partial charge is 0.487 e. The number of rotatable bonds is 10. The highest BCUT2D eigenvalue weighted by molar-refractivity contribution is 5.40. The van der Waals surface area contributed by atoms with Crippen molar-refractivity contribution < 1.29 is 28.8 Å². The molecule has 1 heterocycles. The van der Waals surface area contributed by atoms with Crippen molar-refractivity contribution in [3.05, 3.63) is 48.5 Å². The van der Waals surface area contributed by atoms with E-state index in [0.717, 1.165) is 12.8 Å². The molecule has 0 aromatic heterocycles. The fraction of sp³-hybridized carbons (Fsp3) is 0.600. The minimum absolute atomic E-state index is 0.115. The van der Waals surface area contributed by atoms with E-state index < -0.39 is 5.60 Å². The first-order valence-electron chi connectivity index (χ1n) is 13.7. The second-order valence-corrected chi connectivity index (χ2v) is 9.58. The number of aliphatic hydroxyl groups is 1. The van der Waals surface area contributed by atoms with Crippen LogP contribution in [0, 0.1) is 0 Å². The summed E-state index contributed by atoms with van der Waals surface area (Å²) in [6.07, 6.45) is 11.7. The first-order valence-corrected chi connectivity index (χ1v) is 13.7. The van der Waals surface area contributed by atoms with Crippen LogP contribution in [0.15, 0.2) is 48.5 Å². The second kappa shape index (κ2) is 16.3. The minimum atomic E-state index is -1.14. The Morgan fingerprint density at radius 3 is 1.47 bits per heavy atom. The molecular formula is C30H44O6. The van der Waals surface area contributed by atoms with Gasteiger partial charge in [0.2, 0.25) is 0 Å². The van der Waals surface area contributed by atoms with E-state index in [2.05, 4.69) is 6.92 Å². The molecule has 1 aliphatic rings. The smallest absolute Gasteiger partial charge is 0.161 e. The lowest BCUT2D eigenvalue weighted by Crippen LogP contribution is -2.42. The van der Waals surface area contributed by atoms with Gasteiger partial charge < -0.3 is 28.8 Å². The molecule has 0 amide bonds. The highest BCUT2D eigenvalue weighted by atomic mass is 16.6. The number of benzene rings is 2. The number of para-hydroxylation sites is 4. The van der Waals surface area contributed by atoms with Crippen molar-refractivity contribution in [2.75, 3.05) is 39.6 Å². The van der Waals surface area contributed by atoms with Crippen LogP contribution in [0.4, 0.5) is 0 Å². The predicted molar refractivity (Wildman–Crippen MR) is 142 cm³/mol. The Kier molecular flexibility index (Phi) is 12.8. The van der Waals surface area contributed by atoms with Crippen LogP contribution in [0.3, 0.4) is 0 Å². The highest BCUT2D eigenvalue weighted by Gasteiger charge is 2.30. The number of ether oxygens (including phenoxy) is 5. The maximum Gasteiger partial charge on any atom is 0.161 e. The average Bonchev–Trinajstić information content (AvgIpc) is 2.90. The van der Waals surface area contributed by atoms with Gasteiger partial charge in [0, 0.05) is 0 Å². The van der Waals surface area contributed by atoms with E-state index in [0.29, 0.717) is 55.8 Å². The zero-order valence-electron chi connectivity index (χ0n) is 21.9. The lowest BCUT2D eigenvalue weighted by molar-refractivity contribution is -0.0486. The zero-order valence-corrected chi connectivity index (χ0v) is 21.9. The summed E-state index contributed by atoms with van der Waals surface area (Å²) in [5.41, 5.74) is -1.14. The molecule has 1 N–H and O–H groups in total. The molecule has 0 radical (unpaired) electrons. The summed E-state index contributed by atoms with van der Waals surface area (Å²) < 4.78 is 29.6. The third kappa shape index (κ3) is 10.3. The average molecular weight is 501 g/mol. The molecule has 1 aliphatic heterocycles. The maximum absolute atomic E-state index is 11.6. The van der Waals surface area contributed by atoms with Crippen LogP contribution < -0.4 is 18.9 Å². The van der Waals surface area contributed by atoms with Crippen molar-refractivity contribution in [3.63, 3.8) is 0 Å². The summed E-state index contributed by atoms with van der Waals surface area (Å²) in [4.78, 5) is 0. The first kappa shape index (κ1) is 28.1. The molecule has 0 unspecified atom stereocenters. The minimum Gasteiger partial charge on any atom is -0.487 e. The maximum atomic E-state index is 11.6. The van der Waals surface area contributed by atoms with Crippen LogP contribution in [0.25, 0.3) is 0 Å². The van der Waals surface area contributed by atoms with E-state index in [1.807, 2.05) is 48.5 Å². The standard InChI is InChI=1S/C30H44O6/c1-2-3-4-5-6-7-8-9-14-19-30(31)24-35-28-17-12-10-15-26(28)33-22-20-32-21-23-34-27-16-11-13-18-29(27)36-25-30/h10-13,15-18,31H,2-9,14,19-25H2,1H3. The molecule has 2 aromatic carbocycles. The Hall–Kier alpha value is -2.44. The van der Waals surface area contributed by atoms with E-state index in [9.17, 15) is 5.11 Å². The summed E-state index contributed by atoms with van der Waals surface area (Å²) in [6.45, 7) is 4.18. The van der Waals surface area contributed by atoms with Crippen molar-refractivity contribution in [1.82, 2.24) is 0 Å². The highest BCUT2D eigenvalue weighted by Crippen LogP contribution is 2.31. The molecule has 0 fully saturated rings. The van der Waals surface area contributed by atoms with Crippen molar-refractivity contribution >= 4 is 0 Å². The molecule has 36 heavy (non-hydrogen) atoms. The zero-order chi connectivity index (χ0) is 25.3. The summed E-state index contributed by atoms with van der Waals surface area (Å²) in [5.74, 6) is 2.50. The number of hydrogen-bond acceptors (Lipinski definition) is 6. The van der Waals surface area contributed by atoms with Gasteiger partial charge in [-0.2, -0.15) is 0 Å². The van der Waals surface area contributed by atoms with Gasteiger partial charge in [-0.25, -0.2) is 0 Å². The van der Waals surface area contributed by atoms with Crippen molar-refractivity contribution in [2.24, 2.45) is 0 Å². The van der Waals surface area contributed by atoms with Gasteiger partial charge >= 0.3 is 0 Å². The molecule has 200 valence electrons. The van der Waals surface area contributed by atoms with Gasteiger partial charge in [-0.1, -0.05) is 89.0 Å².